The first kappa shape index (κ1) is 11.2. The van der Waals surface area contributed by atoms with Crippen LogP contribution in [-0.2, 0) is 6.42 Å². The summed E-state index contributed by atoms with van der Waals surface area (Å²) in [4.78, 5) is 2.48. The van der Waals surface area contributed by atoms with Crippen LogP contribution in [0, 0.1) is 12.8 Å². The first-order valence-electron chi connectivity index (χ1n) is 6.72. The van der Waals surface area contributed by atoms with Gasteiger partial charge >= 0.3 is 0 Å². The van der Waals surface area contributed by atoms with Crippen molar-refractivity contribution in [1.82, 2.24) is 4.90 Å². The second-order valence-electron chi connectivity index (χ2n) is 5.62. The van der Waals surface area contributed by atoms with E-state index in [0.717, 1.165) is 6.42 Å². The van der Waals surface area contributed by atoms with Gasteiger partial charge in [0, 0.05) is 6.04 Å². The van der Waals surface area contributed by atoms with Gasteiger partial charge in [-0.15, -0.1) is 0 Å². The van der Waals surface area contributed by atoms with Crippen LogP contribution in [0.15, 0.2) is 24.3 Å². The Morgan fingerprint density at radius 3 is 2.71 bits per heavy atom. The molecule has 0 amide bonds. The molecule has 2 unspecified atom stereocenters. The summed E-state index contributed by atoms with van der Waals surface area (Å²) in [7, 11) is 0. The zero-order valence-corrected chi connectivity index (χ0v) is 10.5. The summed E-state index contributed by atoms with van der Waals surface area (Å²) >= 11 is 0. The molecule has 0 aromatic heterocycles. The van der Waals surface area contributed by atoms with Gasteiger partial charge in [-0.3, -0.25) is 4.90 Å². The minimum Gasteiger partial charge on any atom is -0.391 e. The first-order valence-corrected chi connectivity index (χ1v) is 6.72. The molecule has 0 spiro atoms. The van der Waals surface area contributed by atoms with Gasteiger partial charge in [0.2, 0.25) is 0 Å². The summed E-state index contributed by atoms with van der Waals surface area (Å²) in [6, 6.07) is 9.03. The van der Waals surface area contributed by atoms with Gasteiger partial charge < -0.3 is 5.11 Å². The molecular formula is C15H21NO. The van der Waals surface area contributed by atoms with Crippen LogP contribution in [0.1, 0.15) is 24.0 Å². The Labute approximate surface area is 103 Å². The van der Waals surface area contributed by atoms with Crippen molar-refractivity contribution in [3.63, 3.8) is 0 Å². The summed E-state index contributed by atoms with van der Waals surface area (Å²) in [6.45, 7) is 4.49. The van der Waals surface area contributed by atoms with Crippen molar-refractivity contribution in [2.45, 2.75) is 38.3 Å². The number of hydrogen-bond acceptors (Lipinski definition) is 2. The Bertz CT molecular complexity index is 394. The van der Waals surface area contributed by atoms with E-state index in [-0.39, 0.29) is 6.10 Å². The van der Waals surface area contributed by atoms with Gasteiger partial charge in [0.25, 0.3) is 0 Å². The third kappa shape index (κ3) is 2.12. The van der Waals surface area contributed by atoms with Crippen molar-refractivity contribution in [2.24, 2.45) is 5.92 Å². The molecule has 1 aromatic carbocycles. The lowest BCUT2D eigenvalue weighted by Gasteiger charge is -2.49. The predicted molar refractivity (Wildman–Crippen MR) is 69.0 cm³/mol. The normalized spacial score (nSPS) is 36.1. The standard InChI is InChI=1S/C15H21NO/c1-11-3-2-4-12(9-11)10-14-15(17)13-5-7-16(14)8-6-13/h2-4,9,13-15,17H,5-8,10H2,1H3. The molecule has 2 nitrogen and oxygen atoms in total. The van der Waals surface area contributed by atoms with Crippen LogP contribution in [-0.4, -0.2) is 35.2 Å². The Morgan fingerprint density at radius 2 is 2.06 bits per heavy atom. The van der Waals surface area contributed by atoms with Crippen molar-refractivity contribution < 1.29 is 5.11 Å². The Kier molecular flexibility index (Phi) is 2.93. The van der Waals surface area contributed by atoms with E-state index in [2.05, 4.69) is 36.1 Å². The van der Waals surface area contributed by atoms with E-state index in [1.165, 1.54) is 37.1 Å². The molecule has 2 atom stereocenters. The second kappa shape index (κ2) is 4.43. The zero-order chi connectivity index (χ0) is 11.8. The largest absolute Gasteiger partial charge is 0.391 e. The molecule has 3 heterocycles. The molecule has 4 rings (SSSR count). The van der Waals surface area contributed by atoms with Crippen molar-refractivity contribution >= 4 is 0 Å². The number of rotatable bonds is 2. The van der Waals surface area contributed by atoms with Crippen LogP contribution in [0.25, 0.3) is 0 Å². The number of aliphatic hydroxyl groups excluding tert-OH is 1. The van der Waals surface area contributed by atoms with Crippen LogP contribution in [0.5, 0.6) is 0 Å². The number of hydrogen-bond donors (Lipinski definition) is 1. The maximum Gasteiger partial charge on any atom is 0.0727 e. The summed E-state index contributed by atoms with van der Waals surface area (Å²) in [5.41, 5.74) is 2.68. The molecule has 92 valence electrons. The van der Waals surface area contributed by atoms with Gasteiger partial charge in [0.05, 0.1) is 6.10 Å². The third-order valence-electron chi connectivity index (χ3n) is 4.45. The molecule has 0 saturated carbocycles. The summed E-state index contributed by atoms with van der Waals surface area (Å²) in [6.07, 6.45) is 3.26. The van der Waals surface area contributed by atoms with Gasteiger partial charge in [0.1, 0.15) is 0 Å². The summed E-state index contributed by atoms with van der Waals surface area (Å²) in [5.74, 6) is 0.551. The van der Waals surface area contributed by atoms with E-state index in [0.29, 0.717) is 12.0 Å². The topological polar surface area (TPSA) is 23.5 Å². The molecule has 3 saturated heterocycles. The number of aliphatic hydroxyl groups is 1. The SMILES string of the molecule is Cc1cccc(CC2C(O)C3CCN2CC3)c1. The lowest BCUT2D eigenvalue weighted by molar-refractivity contribution is -0.0715. The minimum absolute atomic E-state index is 0.113. The van der Waals surface area contributed by atoms with Gasteiger partial charge in [-0.25, -0.2) is 0 Å². The fourth-order valence-electron chi connectivity index (χ4n) is 3.45. The third-order valence-corrected chi connectivity index (χ3v) is 4.45. The van der Waals surface area contributed by atoms with Gasteiger partial charge in [-0.1, -0.05) is 29.8 Å². The summed E-state index contributed by atoms with van der Waals surface area (Å²) in [5, 5.41) is 10.3. The fourth-order valence-corrected chi connectivity index (χ4v) is 3.45. The molecule has 0 radical (unpaired) electrons. The highest BCUT2D eigenvalue weighted by atomic mass is 16.3. The van der Waals surface area contributed by atoms with Crippen molar-refractivity contribution in [3.8, 4) is 0 Å². The molecule has 3 aliphatic heterocycles. The molecule has 0 aliphatic carbocycles. The highest BCUT2D eigenvalue weighted by Crippen LogP contribution is 2.33. The van der Waals surface area contributed by atoms with Crippen LogP contribution in [0.2, 0.25) is 0 Å². The van der Waals surface area contributed by atoms with Gasteiger partial charge in [-0.05, 0) is 50.8 Å². The lowest BCUT2D eigenvalue weighted by Crippen LogP contribution is -2.58. The molecule has 3 fully saturated rings. The zero-order valence-electron chi connectivity index (χ0n) is 10.5. The van der Waals surface area contributed by atoms with Crippen molar-refractivity contribution in [2.75, 3.05) is 13.1 Å². The smallest absolute Gasteiger partial charge is 0.0727 e. The highest BCUT2D eigenvalue weighted by molar-refractivity contribution is 5.23. The Balaban J connectivity index is 1.76. The van der Waals surface area contributed by atoms with E-state index < -0.39 is 0 Å². The average molecular weight is 231 g/mol. The maximum absolute atomic E-state index is 10.3. The van der Waals surface area contributed by atoms with Crippen LogP contribution < -0.4 is 0 Å². The number of benzene rings is 1. The summed E-state index contributed by atoms with van der Waals surface area (Å²) < 4.78 is 0. The van der Waals surface area contributed by atoms with E-state index in [1.807, 2.05) is 0 Å². The van der Waals surface area contributed by atoms with Crippen LogP contribution in [0.4, 0.5) is 0 Å². The maximum atomic E-state index is 10.3. The molecule has 1 aromatic rings. The number of nitrogens with zero attached hydrogens (tertiary/aromatic N) is 1. The van der Waals surface area contributed by atoms with E-state index >= 15 is 0 Å². The first-order chi connectivity index (χ1) is 8.24. The number of piperidine rings is 3. The lowest BCUT2D eigenvalue weighted by atomic mass is 9.78. The highest BCUT2D eigenvalue weighted by Gasteiger charge is 2.40. The van der Waals surface area contributed by atoms with Crippen molar-refractivity contribution in [3.05, 3.63) is 35.4 Å². The number of fused-ring (bicyclic) bond motifs is 3. The van der Waals surface area contributed by atoms with Gasteiger partial charge in [0.15, 0.2) is 0 Å². The molecular weight excluding hydrogens is 210 g/mol. The van der Waals surface area contributed by atoms with Crippen molar-refractivity contribution in [1.29, 1.82) is 0 Å². The Morgan fingerprint density at radius 1 is 1.29 bits per heavy atom. The fraction of sp³-hybridized carbons (Fsp3) is 0.600. The predicted octanol–water partition coefficient (Wildman–Crippen LogP) is 1.99. The molecule has 2 bridgehead atoms. The van der Waals surface area contributed by atoms with E-state index in [4.69, 9.17) is 0 Å². The van der Waals surface area contributed by atoms with Gasteiger partial charge in [-0.2, -0.15) is 0 Å². The van der Waals surface area contributed by atoms with Crippen LogP contribution >= 0.6 is 0 Å². The van der Waals surface area contributed by atoms with E-state index in [9.17, 15) is 5.11 Å². The molecule has 2 heteroatoms. The van der Waals surface area contributed by atoms with E-state index in [1.54, 1.807) is 0 Å². The molecule has 1 N–H and O–H groups in total. The molecule has 17 heavy (non-hydrogen) atoms. The average Bonchev–Trinajstić information content (AvgIpc) is 2.34. The minimum atomic E-state index is -0.113. The monoisotopic (exact) mass is 231 g/mol. The molecule has 3 aliphatic rings. The second-order valence-corrected chi connectivity index (χ2v) is 5.62. The van der Waals surface area contributed by atoms with Crippen LogP contribution in [0.3, 0.4) is 0 Å². The quantitative estimate of drug-likeness (QED) is 0.841. The number of aryl methyl sites for hydroxylation is 1. The Hall–Kier alpha value is -0.860.